The first-order chi connectivity index (χ1) is 7.74. The summed E-state index contributed by atoms with van der Waals surface area (Å²) in [5.74, 6) is 0.708. The van der Waals surface area contributed by atoms with Crippen molar-refractivity contribution in [3.05, 3.63) is 16.6 Å². The summed E-state index contributed by atoms with van der Waals surface area (Å²) < 4.78 is 0. The van der Waals surface area contributed by atoms with E-state index < -0.39 is 0 Å². The fraction of sp³-hybridized carbons (Fsp3) is 0.750. The number of thiazole rings is 1. The molecule has 0 spiro atoms. The van der Waals surface area contributed by atoms with E-state index in [0.717, 1.165) is 13.1 Å². The van der Waals surface area contributed by atoms with E-state index in [-0.39, 0.29) is 0 Å². The molecule has 1 aliphatic rings. The smallest absolute Gasteiger partial charge is 0.0795 e. The third-order valence-corrected chi connectivity index (χ3v) is 4.38. The van der Waals surface area contributed by atoms with Crippen LogP contribution in [-0.2, 0) is 0 Å². The van der Waals surface area contributed by atoms with Gasteiger partial charge in [0.15, 0.2) is 0 Å². The monoisotopic (exact) mass is 239 g/mol. The van der Waals surface area contributed by atoms with Crippen LogP contribution in [0.2, 0.25) is 0 Å². The Kier molecular flexibility index (Phi) is 3.95. The second-order valence-electron chi connectivity index (χ2n) is 4.75. The lowest BCUT2D eigenvalue weighted by Gasteiger charge is -2.42. The minimum atomic E-state index is 0.405. The summed E-state index contributed by atoms with van der Waals surface area (Å²) in [4.78, 5) is 6.95. The molecule has 0 aliphatic carbocycles. The van der Waals surface area contributed by atoms with Gasteiger partial charge in [0.05, 0.1) is 17.2 Å². The van der Waals surface area contributed by atoms with Crippen LogP contribution in [0.25, 0.3) is 0 Å². The summed E-state index contributed by atoms with van der Waals surface area (Å²) in [5, 5.41) is 2.15. The van der Waals surface area contributed by atoms with Gasteiger partial charge in [-0.25, -0.2) is 4.98 Å². The highest BCUT2D eigenvalue weighted by atomic mass is 32.1. The van der Waals surface area contributed by atoms with Crippen molar-refractivity contribution in [2.45, 2.75) is 38.8 Å². The molecule has 3 atom stereocenters. The van der Waals surface area contributed by atoms with Crippen LogP contribution < -0.4 is 5.73 Å². The van der Waals surface area contributed by atoms with Gasteiger partial charge < -0.3 is 5.73 Å². The second-order valence-corrected chi connectivity index (χ2v) is 5.47. The zero-order valence-electron chi connectivity index (χ0n) is 10.1. The Balaban J connectivity index is 2.12. The summed E-state index contributed by atoms with van der Waals surface area (Å²) >= 11 is 1.67. The molecule has 0 amide bonds. The molecule has 2 rings (SSSR count). The third kappa shape index (κ3) is 2.29. The van der Waals surface area contributed by atoms with Gasteiger partial charge in [0.2, 0.25) is 0 Å². The number of hydrogen-bond donors (Lipinski definition) is 1. The lowest BCUT2D eigenvalue weighted by molar-refractivity contribution is 0.0675. The molecule has 90 valence electrons. The van der Waals surface area contributed by atoms with E-state index in [1.165, 1.54) is 18.5 Å². The van der Waals surface area contributed by atoms with E-state index in [4.69, 9.17) is 5.73 Å². The zero-order chi connectivity index (χ0) is 11.5. The Morgan fingerprint density at radius 1 is 1.69 bits per heavy atom. The van der Waals surface area contributed by atoms with Gasteiger partial charge in [0, 0.05) is 18.0 Å². The second kappa shape index (κ2) is 5.25. The Labute approximate surface area is 102 Å². The first-order valence-electron chi connectivity index (χ1n) is 6.08. The number of nitrogens with two attached hydrogens (primary N) is 1. The van der Waals surface area contributed by atoms with Crippen LogP contribution in [0.15, 0.2) is 10.9 Å². The SMILES string of the molecule is CC1CCCN(C(C)c2cscn2)C1CN. The van der Waals surface area contributed by atoms with Crippen LogP contribution in [-0.4, -0.2) is 29.0 Å². The minimum Gasteiger partial charge on any atom is -0.329 e. The molecule has 1 fully saturated rings. The van der Waals surface area contributed by atoms with Gasteiger partial charge in [0.1, 0.15) is 0 Å². The summed E-state index contributed by atoms with van der Waals surface area (Å²) in [6.07, 6.45) is 2.59. The Morgan fingerprint density at radius 2 is 2.50 bits per heavy atom. The summed E-state index contributed by atoms with van der Waals surface area (Å²) in [6, 6.07) is 0.924. The van der Waals surface area contributed by atoms with Gasteiger partial charge in [-0.3, -0.25) is 4.90 Å². The fourth-order valence-corrected chi connectivity index (χ4v) is 3.37. The van der Waals surface area contributed by atoms with E-state index in [1.54, 1.807) is 11.3 Å². The van der Waals surface area contributed by atoms with Crippen LogP contribution in [0.4, 0.5) is 0 Å². The highest BCUT2D eigenvalue weighted by Gasteiger charge is 2.31. The maximum Gasteiger partial charge on any atom is 0.0795 e. The predicted molar refractivity (Wildman–Crippen MR) is 68.5 cm³/mol. The number of piperidine rings is 1. The van der Waals surface area contributed by atoms with E-state index >= 15 is 0 Å². The highest BCUT2D eigenvalue weighted by molar-refractivity contribution is 7.07. The zero-order valence-corrected chi connectivity index (χ0v) is 10.9. The van der Waals surface area contributed by atoms with Gasteiger partial charge in [-0.2, -0.15) is 0 Å². The van der Waals surface area contributed by atoms with E-state index in [1.807, 2.05) is 5.51 Å². The fourth-order valence-electron chi connectivity index (χ4n) is 2.73. The first kappa shape index (κ1) is 12.0. The highest BCUT2D eigenvalue weighted by Crippen LogP contribution is 2.30. The first-order valence-corrected chi connectivity index (χ1v) is 7.02. The van der Waals surface area contributed by atoms with E-state index in [0.29, 0.717) is 18.0 Å². The molecule has 0 aromatic carbocycles. The normalized spacial score (nSPS) is 29.2. The maximum atomic E-state index is 5.92. The van der Waals surface area contributed by atoms with Gasteiger partial charge >= 0.3 is 0 Å². The minimum absolute atomic E-state index is 0.405. The van der Waals surface area contributed by atoms with Gasteiger partial charge in [-0.05, 0) is 32.2 Å². The maximum absolute atomic E-state index is 5.92. The van der Waals surface area contributed by atoms with Crippen molar-refractivity contribution in [1.82, 2.24) is 9.88 Å². The Morgan fingerprint density at radius 3 is 3.12 bits per heavy atom. The lowest BCUT2D eigenvalue weighted by atomic mass is 9.89. The van der Waals surface area contributed by atoms with Crippen molar-refractivity contribution in [1.29, 1.82) is 0 Å². The van der Waals surface area contributed by atoms with E-state index in [2.05, 4.69) is 29.1 Å². The molecule has 0 radical (unpaired) electrons. The van der Waals surface area contributed by atoms with Crippen LogP contribution in [0.5, 0.6) is 0 Å². The topological polar surface area (TPSA) is 42.2 Å². The molecule has 0 bridgehead atoms. The molecular formula is C12H21N3S. The summed E-state index contributed by atoms with van der Waals surface area (Å²) in [6.45, 7) is 6.48. The number of likely N-dealkylation sites (tertiary alicyclic amines) is 1. The number of rotatable bonds is 3. The van der Waals surface area contributed by atoms with Crippen molar-refractivity contribution >= 4 is 11.3 Å². The molecule has 2 N–H and O–H groups in total. The number of aromatic nitrogens is 1. The van der Waals surface area contributed by atoms with Crippen LogP contribution >= 0.6 is 11.3 Å². The molecule has 1 aliphatic heterocycles. The van der Waals surface area contributed by atoms with Crippen LogP contribution in [0, 0.1) is 5.92 Å². The van der Waals surface area contributed by atoms with Crippen molar-refractivity contribution in [3.63, 3.8) is 0 Å². The standard InChI is InChI=1S/C12H21N3S/c1-9-4-3-5-15(12(9)6-13)10(2)11-7-16-8-14-11/h7-10,12H,3-6,13H2,1-2H3. The molecule has 1 aromatic rings. The molecule has 2 heterocycles. The molecule has 3 unspecified atom stereocenters. The quantitative estimate of drug-likeness (QED) is 0.880. The molecule has 1 aromatic heterocycles. The van der Waals surface area contributed by atoms with Crippen molar-refractivity contribution in [2.75, 3.05) is 13.1 Å². The predicted octanol–water partition coefficient (Wildman–Crippen LogP) is 2.26. The Bertz CT molecular complexity index is 312. The van der Waals surface area contributed by atoms with Crippen LogP contribution in [0.1, 0.15) is 38.4 Å². The molecule has 16 heavy (non-hydrogen) atoms. The molecule has 1 saturated heterocycles. The number of nitrogens with zero attached hydrogens (tertiary/aromatic N) is 2. The summed E-state index contributed by atoms with van der Waals surface area (Å²) in [7, 11) is 0. The molecule has 4 heteroatoms. The molecule has 3 nitrogen and oxygen atoms in total. The number of hydrogen-bond acceptors (Lipinski definition) is 4. The van der Waals surface area contributed by atoms with E-state index in [9.17, 15) is 0 Å². The Hall–Kier alpha value is -0.450. The summed E-state index contributed by atoms with van der Waals surface area (Å²) in [5.41, 5.74) is 9.02. The van der Waals surface area contributed by atoms with Crippen molar-refractivity contribution in [3.8, 4) is 0 Å². The van der Waals surface area contributed by atoms with Gasteiger partial charge in [-0.15, -0.1) is 11.3 Å². The average Bonchev–Trinajstić information content (AvgIpc) is 2.81. The third-order valence-electron chi connectivity index (χ3n) is 3.78. The molecular weight excluding hydrogens is 218 g/mol. The van der Waals surface area contributed by atoms with Gasteiger partial charge in [0.25, 0.3) is 0 Å². The van der Waals surface area contributed by atoms with Crippen LogP contribution in [0.3, 0.4) is 0 Å². The van der Waals surface area contributed by atoms with Gasteiger partial charge in [-0.1, -0.05) is 6.92 Å². The van der Waals surface area contributed by atoms with Crippen molar-refractivity contribution in [2.24, 2.45) is 11.7 Å². The largest absolute Gasteiger partial charge is 0.329 e. The van der Waals surface area contributed by atoms with Crippen molar-refractivity contribution < 1.29 is 0 Å². The average molecular weight is 239 g/mol. The lowest BCUT2D eigenvalue weighted by Crippen LogP contribution is -2.49. The molecule has 0 saturated carbocycles.